The van der Waals surface area contributed by atoms with Crippen molar-refractivity contribution in [2.45, 2.75) is 5.16 Å². The topological polar surface area (TPSA) is 51.8 Å². The Morgan fingerprint density at radius 3 is 2.50 bits per heavy atom. The van der Waals surface area contributed by atoms with Crippen LogP contribution in [-0.2, 0) is 0 Å². The van der Waals surface area contributed by atoms with E-state index >= 15 is 0 Å². The number of nitrogens with two attached hydrogens (primary N) is 1. The van der Waals surface area contributed by atoms with Crippen LogP contribution in [0.3, 0.4) is 0 Å². The van der Waals surface area contributed by atoms with Crippen molar-refractivity contribution in [3.05, 3.63) is 34.8 Å². The number of halogens is 1. The second-order valence-corrected chi connectivity index (χ2v) is 4.69. The van der Waals surface area contributed by atoms with E-state index in [0.29, 0.717) is 11.0 Å². The lowest BCUT2D eigenvalue weighted by atomic mass is 10.1. The first-order valence-corrected chi connectivity index (χ1v) is 6.66. The minimum atomic E-state index is 0.471. The van der Waals surface area contributed by atoms with Crippen LogP contribution in [0.2, 0.25) is 0 Å². The van der Waals surface area contributed by atoms with E-state index in [1.807, 2.05) is 36.6 Å². The summed E-state index contributed by atoms with van der Waals surface area (Å²) in [6.07, 6.45) is 1.93. The lowest BCUT2D eigenvalue weighted by Gasteiger charge is -2.07. The maximum absolute atomic E-state index is 5.82. The molecule has 2 rings (SSSR count). The van der Waals surface area contributed by atoms with Crippen molar-refractivity contribution in [2.75, 3.05) is 12.0 Å². The van der Waals surface area contributed by atoms with Gasteiger partial charge >= 0.3 is 0 Å². The van der Waals surface area contributed by atoms with Crippen molar-refractivity contribution in [1.82, 2.24) is 9.97 Å². The largest absolute Gasteiger partial charge is 0.383 e. The number of anilines is 1. The SMILES string of the molecule is CSc1nc(N)c(Br)c(-c2ccccc2)n1. The number of hydrogen-bond acceptors (Lipinski definition) is 4. The second-order valence-electron chi connectivity index (χ2n) is 3.12. The van der Waals surface area contributed by atoms with E-state index in [1.165, 1.54) is 11.8 Å². The molecule has 2 aromatic rings. The molecule has 5 heteroatoms. The van der Waals surface area contributed by atoms with Crippen molar-refractivity contribution in [3.8, 4) is 11.3 Å². The fraction of sp³-hybridized carbons (Fsp3) is 0.0909. The number of rotatable bonds is 2. The second kappa shape index (κ2) is 4.84. The van der Waals surface area contributed by atoms with Gasteiger partial charge in [0.05, 0.1) is 10.2 Å². The number of thioether (sulfide) groups is 1. The highest BCUT2D eigenvalue weighted by molar-refractivity contribution is 9.10. The van der Waals surface area contributed by atoms with Crippen LogP contribution in [0.25, 0.3) is 11.3 Å². The molecule has 1 heterocycles. The molecule has 0 atom stereocenters. The smallest absolute Gasteiger partial charge is 0.189 e. The Balaban J connectivity index is 2.60. The van der Waals surface area contributed by atoms with Gasteiger partial charge in [0.1, 0.15) is 5.82 Å². The molecular weight excluding hydrogens is 286 g/mol. The molecule has 16 heavy (non-hydrogen) atoms. The van der Waals surface area contributed by atoms with Crippen molar-refractivity contribution >= 4 is 33.5 Å². The first kappa shape index (κ1) is 11.4. The highest BCUT2D eigenvalue weighted by atomic mass is 79.9. The van der Waals surface area contributed by atoms with Gasteiger partial charge in [-0.25, -0.2) is 9.97 Å². The van der Waals surface area contributed by atoms with Gasteiger partial charge in [-0.05, 0) is 22.2 Å². The highest BCUT2D eigenvalue weighted by Crippen LogP contribution is 2.31. The summed E-state index contributed by atoms with van der Waals surface area (Å²) in [4.78, 5) is 8.61. The molecule has 0 bridgehead atoms. The van der Waals surface area contributed by atoms with Crippen molar-refractivity contribution in [1.29, 1.82) is 0 Å². The van der Waals surface area contributed by atoms with Crippen LogP contribution >= 0.6 is 27.7 Å². The number of hydrogen-bond donors (Lipinski definition) is 1. The van der Waals surface area contributed by atoms with Gasteiger partial charge in [0.25, 0.3) is 0 Å². The Hall–Kier alpha value is -1.07. The van der Waals surface area contributed by atoms with Crippen LogP contribution in [-0.4, -0.2) is 16.2 Å². The Bertz CT molecular complexity index is 502. The van der Waals surface area contributed by atoms with Gasteiger partial charge in [0, 0.05) is 5.56 Å². The van der Waals surface area contributed by atoms with Gasteiger partial charge in [0.15, 0.2) is 5.16 Å². The summed E-state index contributed by atoms with van der Waals surface area (Å²) < 4.78 is 0.747. The minimum absolute atomic E-state index is 0.471. The molecule has 0 unspecified atom stereocenters. The summed E-state index contributed by atoms with van der Waals surface area (Å²) in [5.41, 5.74) is 7.68. The van der Waals surface area contributed by atoms with E-state index in [1.54, 1.807) is 0 Å². The molecule has 2 N–H and O–H groups in total. The van der Waals surface area contributed by atoms with Gasteiger partial charge in [-0.1, -0.05) is 42.1 Å². The molecule has 3 nitrogen and oxygen atoms in total. The van der Waals surface area contributed by atoms with Crippen LogP contribution in [0.15, 0.2) is 40.0 Å². The number of aromatic nitrogens is 2. The van der Waals surface area contributed by atoms with E-state index < -0.39 is 0 Å². The molecule has 0 saturated heterocycles. The third-order valence-corrected chi connectivity index (χ3v) is 3.42. The van der Waals surface area contributed by atoms with Crippen LogP contribution in [0.4, 0.5) is 5.82 Å². The summed E-state index contributed by atoms with van der Waals surface area (Å²) in [5.74, 6) is 0.471. The normalized spacial score (nSPS) is 10.4. The van der Waals surface area contributed by atoms with Gasteiger partial charge in [-0.2, -0.15) is 0 Å². The molecule has 0 aliphatic rings. The third-order valence-electron chi connectivity index (χ3n) is 2.09. The molecule has 0 saturated carbocycles. The van der Waals surface area contributed by atoms with E-state index in [4.69, 9.17) is 5.73 Å². The zero-order valence-corrected chi connectivity index (χ0v) is 11.0. The first-order valence-electron chi connectivity index (χ1n) is 4.65. The van der Waals surface area contributed by atoms with Crippen molar-refractivity contribution in [2.24, 2.45) is 0 Å². The minimum Gasteiger partial charge on any atom is -0.383 e. The zero-order chi connectivity index (χ0) is 11.5. The molecule has 82 valence electrons. The van der Waals surface area contributed by atoms with Crippen LogP contribution in [0, 0.1) is 0 Å². The Morgan fingerprint density at radius 2 is 1.88 bits per heavy atom. The summed E-state index contributed by atoms with van der Waals surface area (Å²) >= 11 is 4.90. The van der Waals surface area contributed by atoms with Gasteiger partial charge < -0.3 is 5.73 Å². The molecule has 0 aliphatic carbocycles. The van der Waals surface area contributed by atoms with E-state index in [9.17, 15) is 0 Å². The summed E-state index contributed by atoms with van der Waals surface area (Å²) in [7, 11) is 0. The summed E-state index contributed by atoms with van der Waals surface area (Å²) in [5, 5.41) is 0.680. The molecule has 0 aliphatic heterocycles. The number of benzene rings is 1. The molecule has 0 radical (unpaired) electrons. The van der Waals surface area contributed by atoms with Gasteiger partial charge in [-0.3, -0.25) is 0 Å². The molecule has 0 amide bonds. The van der Waals surface area contributed by atoms with Gasteiger partial charge in [0.2, 0.25) is 0 Å². The maximum atomic E-state index is 5.82. The Morgan fingerprint density at radius 1 is 1.19 bits per heavy atom. The molecule has 0 fully saturated rings. The van der Waals surface area contributed by atoms with Crippen LogP contribution in [0.5, 0.6) is 0 Å². The van der Waals surface area contributed by atoms with Crippen molar-refractivity contribution in [3.63, 3.8) is 0 Å². The molecule has 0 spiro atoms. The Labute approximate surface area is 107 Å². The number of nitrogen functional groups attached to an aromatic ring is 1. The quantitative estimate of drug-likeness (QED) is 0.683. The molecular formula is C11H10BrN3S. The number of nitrogens with zero attached hydrogens (tertiary/aromatic N) is 2. The Kier molecular flexibility index (Phi) is 3.46. The average molecular weight is 296 g/mol. The zero-order valence-electron chi connectivity index (χ0n) is 8.64. The van der Waals surface area contributed by atoms with E-state index in [0.717, 1.165) is 15.7 Å². The highest BCUT2D eigenvalue weighted by Gasteiger charge is 2.10. The van der Waals surface area contributed by atoms with Crippen LogP contribution < -0.4 is 5.73 Å². The average Bonchev–Trinajstić information content (AvgIpc) is 2.33. The predicted molar refractivity (Wildman–Crippen MR) is 71.4 cm³/mol. The maximum Gasteiger partial charge on any atom is 0.189 e. The predicted octanol–water partition coefficient (Wildman–Crippen LogP) is 3.21. The van der Waals surface area contributed by atoms with E-state index in [-0.39, 0.29) is 0 Å². The lowest BCUT2D eigenvalue weighted by Crippen LogP contribution is -1.99. The lowest BCUT2D eigenvalue weighted by molar-refractivity contribution is 0.977. The molecule has 1 aromatic carbocycles. The van der Waals surface area contributed by atoms with E-state index in [2.05, 4.69) is 25.9 Å². The summed E-state index contributed by atoms with van der Waals surface area (Å²) in [6, 6.07) is 9.91. The molecule has 1 aromatic heterocycles. The monoisotopic (exact) mass is 295 g/mol. The first-order chi connectivity index (χ1) is 7.72. The van der Waals surface area contributed by atoms with Crippen molar-refractivity contribution < 1.29 is 0 Å². The third kappa shape index (κ3) is 2.20. The van der Waals surface area contributed by atoms with Gasteiger partial charge in [-0.15, -0.1) is 0 Å². The fourth-order valence-electron chi connectivity index (χ4n) is 1.32. The van der Waals surface area contributed by atoms with Crippen LogP contribution in [0.1, 0.15) is 0 Å². The summed E-state index contributed by atoms with van der Waals surface area (Å²) in [6.45, 7) is 0. The fourth-order valence-corrected chi connectivity index (χ4v) is 2.10. The standard InChI is InChI=1S/C11H10BrN3S/c1-16-11-14-9(8(12)10(13)15-11)7-5-3-2-4-6-7/h2-6H,1H3,(H2,13,14,15).